The SMILES string of the molecule is O=C(NC1=NCCS1)c1cc(Br)c[nH]1. The van der Waals surface area contributed by atoms with Crippen molar-refractivity contribution < 1.29 is 4.79 Å². The highest BCUT2D eigenvalue weighted by molar-refractivity contribution is 9.10. The Hall–Kier alpha value is -0.750. The van der Waals surface area contributed by atoms with Crippen LogP contribution in [-0.2, 0) is 0 Å². The van der Waals surface area contributed by atoms with Crippen LogP contribution in [0.2, 0.25) is 0 Å². The van der Waals surface area contributed by atoms with Crippen LogP contribution in [0.5, 0.6) is 0 Å². The van der Waals surface area contributed by atoms with Gasteiger partial charge in [0.15, 0.2) is 5.17 Å². The number of aliphatic imine (C=N–C) groups is 1. The molecule has 0 spiro atoms. The van der Waals surface area contributed by atoms with Crippen molar-refractivity contribution in [3.63, 3.8) is 0 Å². The third-order valence-electron chi connectivity index (χ3n) is 1.70. The van der Waals surface area contributed by atoms with Gasteiger partial charge in [-0.15, -0.1) is 0 Å². The molecule has 14 heavy (non-hydrogen) atoms. The molecule has 0 unspecified atom stereocenters. The second kappa shape index (κ2) is 4.18. The van der Waals surface area contributed by atoms with E-state index in [1.54, 1.807) is 24.0 Å². The smallest absolute Gasteiger partial charge is 0.273 e. The number of halogens is 1. The van der Waals surface area contributed by atoms with Crippen LogP contribution in [-0.4, -0.2) is 28.4 Å². The van der Waals surface area contributed by atoms with Crippen molar-refractivity contribution in [2.75, 3.05) is 12.3 Å². The Morgan fingerprint density at radius 1 is 1.71 bits per heavy atom. The molecular formula is C8H8BrN3OS. The zero-order chi connectivity index (χ0) is 9.97. The van der Waals surface area contributed by atoms with E-state index in [1.807, 2.05) is 0 Å². The van der Waals surface area contributed by atoms with Crippen molar-refractivity contribution in [3.8, 4) is 0 Å². The van der Waals surface area contributed by atoms with E-state index in [1.165, 1.54) is 0 Å². The molecule has 0 atom stereocenters. The molecule has 0 fully saturated rings. The van der Waals surface area contributed by atoms with E-state index < -0.39 is 0 Å². The van der Waals surface area contributed by atoms with Gasteiger partial charge in [-0.2, -0.15) is 0 Å². The zero-order valence-electron chi connectivity index (χ0n) is 7.21. The molecule has 6 heteroatoms. The van der Waals surface area contributed by atoms with E-state index in [0.29, 0.717) is 10.9 Å². The van der Waals surface area contributed by atoms with Crippen LogP contribution >= 0.6 is 27.7 Å². The number of amides is 1. The van der Waals surface area contributed by atoms with Gasteiger partial charge in [-0.1, -0.05) is 11.8 Å². The molecule has 0 bridgehead atoms. The molecule has 2 heterocycles. The molecule has 1 aliphatic rings. The molecule has 0 saturated heterocycles. The van der Waals surface area contributed by atoms with E-state index in [0.717, 1.165) is 16.8 Å². The maximum atomic E-state index is 11.6. The van der Waals surface area contributed by atoms with Crippen molar-refractivity contribution in [1.82, 2.24) is 10.3 Å². The first-order valence-electron chi connectivity index (χ1n) is 4.08. The lowest BCUT2D eigenvalue weighted by atomic mass is 10.4. The predicted octanol–water partition coefficient (Wildman–Crippen LogP) is 1.61. The number of amidine groups is 1. The van der Waals surface area contributed by atoms with Gasteiger partial charge in [-0.05, 0) is 22.0 Å². The Labute approximate surface area is 93.7 Å². The fraction of sp³-hybridized carbons (Fsp3) is 0.250. The number of carbonyl (C=O) groups is 1. The minimum absolute atomic E-state index is 0.149. The normalized spacial score (nSPS) is 15.4. The van der Waals surface area contributed by atoms with Crippen molar-refractivity contribution in [3.05, 3.63) is 22.4 Å². The molecule has 74 valence electrons. The van der Waals surface area contributed by atoms with Crippen LogP contribution in [0.25, 0.3) is 0 Å². The van der Waals surface area contributed by atoms with Crippen molar-refractivity contribution in [1.29, 1.82) is 0 Å². The topological polar surface area (TPSA) is 57.2 Å². The standard InChI is InChI=1S/C8H8BrN3OS/c9-5-3-6(11-4-5)7(13)12-8-10-1-2-14-8/h3-4,11H,1-2H2,(H,10,12,13). The van der Waals surface area contributed by atoms with Gasteiger partial charge in [0.05, 0.1) is 6.54 Å². The number of thioether (sulfide) groups is 1. The largest absolute Gasteiger partial charge is 0.356 e. The van der Waals surface area contributed by atoms with E-state index in [2.05, 4.69) is 31.2 Å². The molecule has 1 aromatic heterocycles. The summed E-state index contributed by atoms with van der Waals surface area (Å²) in [5, 5.41) is 3.44. The van der Waals surface area contributed by atoms with Crippen LogP contribution in [0, 0.1) is 0 Å². The van der Waals surface area contributed by atoms with Gasteiger partial charge in [0, 0.05) is 16.4 Å². The first kappa shape index (κ1) is 9.79. The second-order valence-corrected chi connectivity index (χ2v) is 4.72. The van der Waals surface area contributed by atoms with Crippen molar-refractivity contribution in [2.45, 2.75) is 0 Å². The third-order valence-corrected chi connectivity index (χ3v) is 3.05. The maximum Gasteiger partial charge on any atom is 0.273 e. The monoisotopic (exact) mass is 273 g/mol. The molecule has 2 N–H and O–H groups in total. The number of hydrogen-bond acceptors (Lipinski definition) is 3. The van der Waals surface area contributed by atoms with Gasteiger partial charge in [0.1, 0.15) is 5.69 Å². The number of aromatic nitrogens is 1. The first-order chi connectivity index (χ1) is 6.75. The number of carbonyl (C=O) groups excluding carboxylic acids is 1. The van der Waals surface area contributed by atoms with Gasteiger partial charge in [0.2, 0.25) is 0 Å². The van der Waals surface area contributed by atoms with E-state index in [9.17, 15) is 4.79 Å². The average molecular weight is 274 g/mol. The van der Waals surface area contributed by atoms with Crippen LogP contribution in [0.15, 0.2) is 21.7 Å². The summed E-state index contributed by atoms with van der Waals surface area (Å²) >= 11 is 4.83. The van der Waals surface area contributed by atoms with E-state index in [-0.39, 0.29) is 5.91 Å². The van der Waals surface area contributed by atoms with Gasteiger partial charge in [-0.3, -0.25) is 9.79 Å². The summed E-state index contributed by atoms with van der Waals surface area (Å²) in [6.45, 7) is 0.786. The average Bonchev–Trinajstić information content (AvgIpc) is 2.75. The number of nitrogens with zero attached hydrogens (tertiary/aromatic N) is 1. The lowest BCUT2D eigenvalue weighted by Gasteiger charge is -2.00. The Balaban J connectivity index is 2.02. The van der Waals surface area contributed by atoms with Crippen molar-refractivity contribution in [2.24, 2.45) is 4.99 Å². The number of H-pyrrole nitrogens is 1. The minimum Gasteiger partial charge on any atom is -0.356 e. The minimum atomic E-state index is -0.149. The summed E-state index contributed by atoms with van der Waals surface area (Å²) in [6.07, 6.45) is 1.72. The summed E-state index contributed by atoms with van der Waals surface area (Å²) in [5.41, 5.74) is 0.534. The second-order valence-electron chi connectivity index (χ2n) is 2.72. The van der Waals surface area contributed by atoms with Gasteiger partial charge < -0.3 is 10.3 Å². The Morgan fingerprint density at radius 2 is 2.57 bits per heavy atom. The highest BCUT2D eigenvalue weighted by Crippen LogP contribution is 2.12. The summed E-state index contributed by atoms with van der Waals surface area (Å²) < 4.78 is 0.865. The molecular weight excluding hydrogens is 266 g/mol. The number of nitrogens with one attached hydrogen (secondary N) is 2. The zero-order valence-corrected chi connectivity index (χ0v) is 9.61. The summed E-state index contributed by atoms with van der Waals surface area (Å²) in [5.74, 6) is 0.799. The molecule has 0 radical (unpaired) electrons. The van der Waals surface area contributed by atoms with E-state index in [4.69, 9.17) is 0 Å². The molecule has 1 amide bonds. The highest BCUT2D eigenvalue weighted by atomic mass is 79.9. The number of hydrogen-bond donors (Lipinski definition) is 2. The molecule has 0 aliphatic carbocycles. The number of rotatable bonds is 1. The maximum absolute atomic E-state index is 11.6. The lowest BCUT2D eigenvalue weighted by molar-refractivity contribution is 0.0973. The Kier molecular flexibility index (Phi) is 2.93. The number of aromatic amines is 1. The van der Waals surface area contributed by atoms with Crippen LogP contribution in [0.3, 0.4) is 0 Å². The van der Waals surface area contributed by atoms with Crippen LogP contribution in [0.4, 0.5) is 0 Å². The molecule has 1 aliphatic heterocycles. The molecule has 0 saturated carbocycles. The summed E-state index contributed by atoms with van der Waals surface area (Å²) in [7, 11) is 0. The van der Waals surface area contributed by atoms with Crippen LogP contribution < -0.4 is 5.32 Å². The van der Waals surface area contributed by atoms with Gasteiger partial charge in [-0.25, -0.2) is 0 Å². The Morgan fingerprint density at radius 3 is 3.14 bits per heavy atom. The summed E-state index contributed by atoms with van der Waals surface area (Å²) in [4.78, 5) is 18.5. The van der Waals surface area contributed by atoms with Crippen molar-refractivity contribution >= 4 is 38.8 Å². The lowest BCUT2D eigenvalue weighted by Crippen LogP contribution is -2.27. The molecule has 4 nitrogen and oxygen atoms in total. The fourth-order valence-electron chi connectivity index (χ4n) is 1.07. The first-order valence-corrected chi connectivity index (χ1v) is 5.86. The highest BCUT2D eigenvalue weighted by Gasteiger charge is 2.13. The summed E-state index contributed by atoms with van der Waals surface area (Å²) in [6, 6.07) is 1.73. The van der Waals surface area contributed by atoms with Gasteiger partial charge >= 0.3 is 0 Å². The van der Waals surface area contributed by atoms with E-state index >= 15 is 0 Å². The Bertz CT molecular complexity index is 388. The molecule has 1 aromatic rings. The predicted molar refractivity (Wildman–Crippen MR) is 60.7 cm³/mol. The van der Waals surface area contributed by atoms with Crippen LogP contribution in [0.1, 0.15) is 10.5 Å². The fourth-order valence-corrected chi connectivity index (χ4v) is 2.14. The third kappa shape index (κ3) is 2.19. The molecule has 2 rings (SSSR count). The van der Waals surface area contributed by atoms with Gasteiger partial charge in [0.25, 0.3) is 5.91 Å². The quantitative estimate of drug-likeness (QED) is 0.817. The molecule has 0 aromatic carbocycles.